The smallest absolute Gasteiger partial charge is 0.274 e. The van der Waals surface area contributed by atoms with Gasteiger partial charge in [-0.2, -0.15) is 0 Å². The van der Waals surface area contributed by atoms with E-state index < -0.39 is 0 Å². The van der Waals surface area contributed by atoms with Crippen molar-refractivity contribution < 1.29 is 13.9 Å². The van der Waals surface area contributed by atoms with Gasteiger partial charge in [0, 0.05) is 20.2 Å². The topological polar surface area (TPSA) is 67.3 Å². The predicted molar refractivity (Wildman–Crippen MR) is 135 cm³/mol. The normalized spacial score (nSPS) is 18.4. The molecular weight excluding hydrogens is 471 g/mol. The molecule has 2 aromatic carbocycles. The number of anilines is 1. The number of aromatic nitrogens is 2. The lowest BCUT2D eigenvalue weighted by Gasteiger charge is -2.40. The maximum absolute atomic E-state index is 13.8. The zero-order valence-electron chi connectivity index (χ0n) is 19.0. The number of likely N-dealkylation sites (tertiary alicyclic amines) is 1. The molecule has 0 bridgehead atoms. The number of hydrogen-bond donors (Lipinski definition) is 1. The highest BCUT2D eigenvalue weighted by atomic mass is 32.1. The maximum Gasteiger partial charge on any atom is 0.274 e. The number of thiazole rings is 2. The molecule has 5 rings (SSSR count). The van der Waals surface area contributed by atoms with Crippen LogP contribution in [0.1, 0.15) is 28.3 Å². The quantitative estimate of drug-likeness (QED) is 0.376. The van der Waals surface area contributed by atoms with Crippen molar-refractivity contribution in [2.75, 3.05) is 25.5 Å². The molecular formula is C25H25FN4O2S2. The number of ether oxygens (including phenoxy) is 1. The summed E-state index contributed by atoms with van der Waals surface area (Å²) >= 11 is 3.05. The summed E-state index contributed by atoms with van der Waals surface area (Å²) < 4.78 is 20.4. The van der Waals surface area contributed by atoms with E-state index in [2.05, 4.69) is 15.3 Å². The predicted octanol–water partition coefficient (Wildman–Crippen LogP) is 5.60. The van der Waals surface area contributed by atoms with E-state index in [1.807, 2.05) is 36.1 Å². The first kappa shape index (κ1) is 22.9. The molecule has 0 saturated carbocycles. The Kier molecular flexibility index (Phi) is 6.58. The number of aryl methyl sites for hydroxylation is 1. The fourth-order valence-corrected chi connectivity index (χ4v) is 6.22. The lowest BCUT2D eigenvalue weighted by Crippen LogP contribution is -2.54. The van der Waals surface area contributed by atoms with Crippen LogP contribution >= 0.6 is 22.7 Å². The van der Waals surface area contributed by atoms with E-state index >= 15 is 0 Å². The second-order valence-electron chi connectivity index (χ2n) is 8.27. The molecule has 4 aromatic rings. The zero-order valence-corrected chi connectivity index (χ0v) is 20.6. The van der Waals surface area contributed by atoms with Crippen LogP contribution in [0.5, 0.6) is 0 Å². The van der Waals surface area contributed by atoms with Crippen LogP contribution in [-0.2, 0) is 4.74 Å². The van der Waals surface area contributed by atoms with E-state index in [4.69, 9.17) is 4.74 Å². The minimum absolute atomic E-state index is 0.0893. The number of carbonyl (C=O) groups is 1. The van der Waals surface area contributed by atoms with Crippen molar-refractivity contribution >= 4 is 43.9 Å². The van der Waals surface area contributed by atoms with Gasteiger partial charge in [0.05, 0.1) is 32.2 Å². The summed E-state index contributed by atoms with van der Waals surface area (Å²) in [5.74, 6) is -0.431. The summed E-state index contributed by atoms with van der Waals surface area (Å²) in [6.07, 6.45) is 1.65. The van der Waals surface area contributed by atoms with Crippen molar-refractivity contribution in [2.24, 2.45) is 0 Å². The van der Waals surface area contributed by atoms with Crippen molar-refractivity contribution in [3.8, 4) is 10.4 Å². The van der Waals surface area contributed by atoms with Gasteiger partial charge in [-0.05, 0) is 49.6 Å². The molecule has 2 aromatic heterocycles. The summed E-state index contributed by atoms with van der Waals surface area (Å²) in [5, 5.41) is 5.06. The fourth-order valence-electron chi connectivity index (χ4n) is 4.44. The number of nitrogens with one attached hydrogen (secondary N) is 1. The number of halogens is 1. The third kappa shape index (κ3) is 4.55. The SMILES string of the molecule is CO[C@H]1CCCN(C(=O)c2nc(C)sc2-c2ccc(F)cc2)[C@H]1CNc1nc2ccccc2s1. The zero-order chi connectivity index (χ0) is 23.7. The standard InChI is InChI=1S/C25H25FN4O2S2/c1-15-28-22(23(33-15)16-9-11-17(26)12-10-16)24(31)30-13-5-7-20(32-2)19(30)14-27-25-29-18-6-3-4-8-21(18)34-25/h3-4,6,8-12,19-20H,5,7,13-14H2,1-2H3,(H,27,29)/t19-,20-/m0/s1. The Morgan fingerprint density at radius 3 is 2.74 bits per heavy atom. The molecule has 9 heteroatoms. The number of piperidine rings is 1. The Morgan fingerprint density at radius 1 is 1.18 bits per heavy atom. The van der Waals surface area contributed by atoms with Crippen LogP contribution in [-0.4, -0.2) is 53.1 Å². The van der Waals surface area contributed by atoms with E-state index in [-0.39, 0.29) is 23.9 Å². The van der Waals surface area contributed by atoms with Crippen LogP contribution in [0.2, 0.25) is 0 Å². The number of amides is 1. The van der Waals surface area contributed by atoms with Crippen molar-refractivity contribution in [3.05, 3.63) is 65.0 Å². The molecule has 1 saturated heterocycles. The first-order chi connectivity index (χ1) is 16.5. The van der Waals surface area contributed by atoms with E-state index in [9.17, 15) is 9.18 Å². The third-order valence-electron chi connectivity index (χ3n) is 6.08. The summed E-state index contributed by atoms with van der Waals surface area (Å²) in [4.78, 5) is 25.7. The van der Waals surface area contributed by atoms with Gasteiger partial charge in [-0.1, -0.05) is 35.6 Å². The first-order valence-corrected chi connectivity index (χ1v) is 12.8. The first-order valence-electron chi connectivity index (χ1n) is 11.2. The lowest BCUT2D eigenvalue weighted by molar-refractivity contribution is -0.00764. The van der Waals surface area contributed by atoms with E-state index in [1.165, 1.54) is 23.5 Å². The highest BCUT2D eigenvalue weighted by Crippen LogP contribution is 2.33. The van der Waals surface area contributed by atoms with Gasteiger partial charge in [0.1, 0.15) is 11.5 Å². The van der Waals surface area contributed by atoms with Crippen LogP contribution in [0.25, 0.3) is 20.7 Å². The number of para-hydroxylation sites is 1. The molecule has 1 aliphatic heterocycles. The third-order valence-corrected chi connectivity index (χ3v) is 8.09. The molecule has 0 unspecified atom stereocenters. The Hall–Kier alpha value is -2.88. The minimum Gasteiger partial charge on any atom is -0.379 e. The van der Waals surface area contributed by atoms with Crippen molar-refractivity contribution in [1.82, 2.24) is 14.9 Å². The largest absolute Gasteiger partial charge is 0.379 e. The maximum atomic E-state index is 13.8. The van der Waals surface area contributed by atoms with E-state index in [0.717, 1.165) is 43.6 Å². The molecule has 0 spiro atoms. The van der Waals surface area contributed by atoms with Gasteiger partial charge in [0.15, 0.2) is 5.13 Å². The highest BCUT2D eigenvalue weighted by Gasteiger charge is 2.36. The molecule has 34 heavy (non-hydrogen) atoms. The van der Waals surface area contributed by atoms with Gasteiger partial charge in [-0.25, -0.2) is 14.4 Å². The molecule has 1 fully saturated rings. The Bertz CT molecular complexity index is 1270. The Morgan fingerprint density at radius 2 is 1.97 bits per heavy atom. The Balaban J connectivity index is 1.41. The number of methoxy groups -OCH3 is 1. The average Bonchev–Trinajstić information content (AvgIpc) is 3.45. The minimum atomic E-state index is -0.308. The molecule has 1 aliphatic rings. The number of carbonyl (C=O) groups excluding carboxylic acids is 1. The fraction of sp³-hybridized carbons (Fsp3) is 0.320. The number of benzene rings is 2. The summed E-state index contributed by atoms with van der Waals surface area (Å²) in [6.45, 7) is 3.04. The van der Waals surface area contributed by atoms with Crippen LogP contribution in [0.15, 0.2) is 48.5 Å². The van der Waals surface area contributed by atoms with Crippen LogP contribution < -0.4 is 5.32 Å². The summed E-state index contributed by atoms with van der Waals surface area (Å²) in [6, 6.07) is 14.1. The van der Waals surface area contributed by atoms with E-state index in [0.29, 0.717) is 18.8 Å². The van der Waals surface area contributed by atoms with Gasteiger partial charge < -0.3 is 15.0 Å². The number of rotatable bonds is 6. The highest BCUT2D eigenvalue weighted by molar-refractivity contribution is 7.22. The molecule has 2 atom stereocenters. The second-order valence-corrected chi connectivity index (χ2v) is 10.5. The molecule has 1 N–H and O–H groups in total. The van der Waals surface area contributed by atoms with Crippen LogP contribution in [0.4, 0.5) is 9.52 Å². The van der Waals surface area contributed by atoms with Gasteiger partial charge in [0.2, 0.25) is 0 Å². The van der Waals surface area contributed by atoms with Crippen LogP contribution in [0, 0.1) is 12.7 Å². The molecule has 0 radical (unpaired) electrons. The molecule has 176 valence electrons. The van der Waals surface area contributed by atoms with Crippen molar-refractivity contribution in [3.63, 3.8) is 0 Å². The van der Waals surface area contributed by atoms with Gasteiger partial charge in [0.25, 0.3) is 5.91 Å². The van der Waals surface area contributed by atoms with Crippen molar-refractivity contribution in [2.45, 2.75) is 31.9 Å². The second kappa shape index (κ2) is 9.77. The molecule has 3 heterocycles. The van der Waals surface area contributed by atoms with Gasteiger partial charge >= 0.3 is 0 Å². The lowest BCUT2D eigenvalue weighted by atomic mass is 9.97. The molecule has 6 nitrogen and oxygen atoms in total. The van der Waals surface area contributed by atoms with E-state index in [1.54, 1.807) is 30.6 Å². The Labute approximate surface area is 205 Å². The monoisotopic (exact) mass is 496 g/mol. The molecule has 0 aliphatic carbocycles. The average molecular weight is 497 g/mol. The summed E-state index contributed by atoms with van der Waals surface area (Å²) in [5.41, 5.74) is 2.16. The van der Waals surface area contributed by atoms with Gasteiger partial charge in [-0.15, -0.1) is 11.3 Å². The molecule has 1 amide bonds. The number of nitrogens with zero attached hydrogens (tertiary/aromatic N) is 3. The van der Waals surface area contributed by atoms with Gasteiger partial charge in [-0.3, -0.25) is 4.79 Å². The number of hydrogen-bond acceptors (Lipinski definition) is 7. The number of fused-ring (bicyclic) bond motifs is 1. The van der Waals surface area contributed by atoms with Crippen molar-refractivity contribution in [1.29, 1.82) is 0 Å². The summed E-state index contributed by atoms with van der Waals surface area (Å²) in [7, 11) is 1.69. The van der Waals surface area contributed by atoms with Crippen LogP contribution in [0.3, 0.4) is 0 Å².